The van der Waals surface area contributed by atoms with E-state index in [-0.39, 0.29) is 6.10 Å². The maximum Gasteiger partial charge on any atom is 0.390 e. The molecule has 5 heteroatoms. The minimum absolute atomic E-state index is 0.0989. The third-order valence-electron chi connectivity index (χ3n) is 1.98. The zero-order valence-corrected chi connectivity index (χ0v) is 11.2. The van der Waals surface area contributed by atoms with Crippen molar-refractivity contribution in [2.75, 3.05) is 0 Å². The number of hydrogen-bond acceptors (Lipinski definition) is 3. The van der Waals surface area contributed by atoms with Crippen molar-refractivity contribution in [3.8, 4) is 0 Å². The van der Waals surface area contributed by atoms with Crippen molar-refractivity contribution in [3.05, 3.63) is 12.0 Å². The second-order valence-corrected chi connectivity index (χ2v) is 7.11. The SMILES string of the molecule is C=CSP(=O)(O)OC(CCC)CCCC. The van der Waals surface area contributed by atoms with E-state index in [1.165, 1.54) is 5.41 Å². The second kappa shape index (κ2) is 8.40. The van der Waals surface area contributed by atoms with Crippen LogP contribution in [0, 0.1) is 0 Å². The van der Waals surface area contributed by atoms with Crippen LogP contribution in [0.25, 0.3) is 0 Å². The Morgan fingerprint density at radius 3 is 2.60 bits per heavy atom. The molecule has 0 aromatic rings. The van der Waals surface area contributed by atoms with E-state index in [2.05, 4.69) is 13.5 Å². The van der Waals surface area contributed by atoms with Crippen LogP contribution >= 0.6 is 18.2 Å². The molecule has 0 aliphatic carbocycles. The fraction of sp³-hybridized carbons (Fsp3) is 0.800. The van der Waals surface area contributed by atoms with Crippen LogP contribution in [0.2, 0.25) is 0 Å². The molecule has 0 saturated heterocycles. The van der Waals surface area contributed by atoms with Gasteiger partial charge in [-0.15, -0.1) is 0 Å². The van der Waals surface area contributed by atoms with Crippen molar-refractivity contribution >= 4 is 18.2 Å². The molecule has 0 aliphatic rings. The summed E-state index contributed by atoms with van der Waals surface area (Å²) in [5.41, 5.74) is 0. The topological polar surface area (TPSA) is 46.5 Å². The van der Waals surface area contributed by atoms with Crippen molar-refractivity contribution in [2.24, 2.45) is 0 Å². The van der Waals surface area contributed by atoms with Gasteiger partial charge in [0, 0.05) is 0 Å². The highest BCUT2D eigenvalue weighted by Crippen LogP contribution is 2.57. The Labute approximate surface area is 96.6 Å². The molecule has 2 unspecified atom stereocenters. The molecular weight excluding hydrogens is 231 g/mol. The van der Waals surface area contributed by atoms with E-state index in [9.17, 15) is 9.46 Å². The molecule has 0 aromatic carbocycles. The van der Waals surface area contributed by atoms with Gasteiger partial charge in [0.15, 0.2) is 0 Å². The lowest BCUT2D eigenvalue weighted by molar-refractivity contribution is 0.162. The second-order valence-electron chi connectivity index (χ2n) is 3.40. The molecule has 0 bridgehead atoms. The van der Waals surface area contributed by atoms with Crippen LogP contribution in [0.4, 0.5) is 0 Å². The molecule has 0 aliphatic heterocycles. The van der Waals surface area contributed by atoms with Gasteiger partial charge < -0.3 is 4.89 Å². The fourth-order valence-electron chi connectivity index (χ4n) is 1.31. The van der Waals surface area contributed by atoms with Crippen molar-refractivity contribution in [3.63, 3.8) is 0 Å². The summed E-state index contributed by atoms with van der Waals surface area (Å²) in [6.45, 7) is 4.04. The van der Waals surface area contributed by atoms with Gasteiger partial charge in [0.25, 0.3) is 0 Å². The highest BCUT2D eigenvalue weighted by Gasteiger charge is 2.23. The quantitative estimate of drug-likeness (QED) is 0.620. The Hall–Kier alpha value is 0.240. The van der Waals surface area contributed by atoms with Crippen LogP contribution in [-0.4, -0.2) is 11.0 Å². The average molecular weight is 252 g/mol. The van der Waals surface area contributed by atoms with Gasteiger partial charge in [-0.2, -0.15) is 0 Å². The summed E-state index contributed by atoms with van der Waals surface area (Å²) in [5, 5.41) is 1.35. The zero-order valence-electron chi connectivity index (χ0n) is 9.52. The molecule has 0 spiro atoms. The van der Waals surface area contributed by atoms with Crippen molar-refractivity contribution in [2.45, 2.75) is 52.1 Å². The summed E-state index contributed by atoms with van der Waals surface area (Å²) in [5.74, 6) is 0. The molecule has 15 heavy (non-hydrogen) atoms. The molecule has 0 saturated carbocycles. The summed E-state index contributed by atoms with van der Waals surface area (Å²) < 4.78 is 16.7. The first kappa shape index (κ1) is 15.2. The number of rotatable bonds is 9. The summed E-state index contributed by atoms with van der Waals surface area (Å²) in [7, 11) is 0. The van der Waals surface area contributed by atoms with E-state index in [4.69, 9.17) is 4.52 Å². The van der Waals surface area contributed by atoms with E-state index < -0.39 is 6.80 Å². The van der Waals surface area contributed by atoms with Crippen LogP contribution < -0.4 is 0 Å². The summed E-state index contributed by atoms with van der Waals surface area (Å²) in [6.07, 6.45) is 4.66. The summed E-state index contributed by atoms with van der Waals surface area (Å²) in [6, 6.07) is 0. The van der Waals surface area contributed by atoms with Gasteiger partial charge in [0.05, 0.1) is 6.10 Å². The molecule has 1 N–H and O–H groups in total. The fourth-order valence-corrected chi connectivity index (χ4v) is 3.22. The highest BCUT2D eigenvalue weighted by atomic mass is 32.7. The van der Waals surface area contributed by atoms with Crippen molar-refractivity contribution in [1.82, 2.24) is 0 Å². The van der Waals surface area contributed by atoms with E-state index in [0.717, 1.165) is 43.5 Å². The smallest absolute Gasteiger partial charge is 0.316 e. The molecule has 0 aromatic heterocycles. The molecule has 0 amide bonds. The molecule has 0 fully saturated rings. The molecule has 3 nitrogen and oxygen atoms in total. The summed E-state index contributed by atoms with van der Waals surface area (Å²) >= 11 is 0.774. The van der Waals surface area contributed by atoms with Crippen molar-refractivity contribution in [1.29, 1.82) is 0 Å². The number of hydrogen-bond donors (Lipinski definition) is 1. The van der Waals surface area contributed by atoms with Gasteiger partial charge in [-0.05, 0) is 29.6 Å². The maximum absolute atomic E-state index is 11.5. The highest BCUT2D eigenvalue weighted by molar-refractivity contribution is 8.56. The Kier molecular flexibility index (Phi) is 8.53. The first-order valence-corrected chi connectivity index (χ1v) is 8.42. The van der Waals surface area contributed by atoms with Gasteiger partial charge in [0.2, 0.25) is 0 Å². The van der Waals surface area contributed by atoms with Crippen LogP contribution in [0.5, 0.6) is 0 Å². The van der Waals surface area contributed by atoms with Gasteiger partial charge in [0.1, 0.15) is 0 Å². The third kappa shape index (κ3) is 8.09. The van der Waals surface area contributed by atoms with Gasteiger partial charge in [-0.1, -0.05) is 39.7 Å². The molecule has 0 heterocycles. The minimum atomic E-state index is -3.52. The molecule has 0 rings (SSSR count). The first-order chi connectivity index (χ1) is 7.05. The maximum atomic E-state index is 11.5. The average Bonchev–Trinajstić information content (AvgIpc) is 2.14. The van der Waals surface area contributed by atoms with Gasteiger partial charge in [-0.25, -0.2) is 4.57 Å². The normalized spacial score (nSPS) is 17.0. The van der Waals surface area contributed by atoms with Gasteiger partial charge in [-0.3, -0.25) is 4.52 Å². The van der Waals surface area contributed by atoms with E-state index in [0.29, 0.717) is 0 Å². The van der Waals surface area contributed by atoms with Crippen LogP contribution in [0.3, 0.4) is 0 Å². The largest absolute Gasteiger partial charge is 0.390 e. The van der Waals surface area contributed by atoms with Crippen LogP contribution in [-0.2, 0) is 9.09 Å². The Morgan fingerprint density at radius 1 is 1.47 bits per heavy atom. The molecule has 90 valence electrons. The lowest BCUT2D eigenvalue weighted by Crippen LogP contribution is -2.10. The van der Waals surface area contributed by atoms with Crippen molar-refractivity contribution < 1.29 is 14.0 Å². The third-order valence-corrected chi connectivity index (χ3v) is 4.47. The predicted molar refractivity (Wildman–Crippen MR) is 66.9 cm³/mol. The molecule has 2 atom stereocenters. The Balaban J connectivity index is 4.12. The Bertz CT molecular complexity index is 221. The zero-order chi connectivity index (χ0) is 11.7. The first-order valence-electron chi connectivity index (χ1n) is 5.36. The van der Waals surface area contributed by atoms with E-state index in [1.807, 2.05) is 6.92 Å². The standard InChI is InChI=1S/C10H21O3PS/c1-4-7-9-10(8-5-2)13-14(11,12)15-6-3/h6,10H,3-5,7-9H2,1-2H3,(H,11,12). The lowest BCUT2D eigenvalue weighted by Gasteiger charge is -2.19. The number of unbranched alkanes of at least 4 members (excludes halogenated alkanes) is 1. The molecule has 0 radical (unpaired) electrons. The molecular formula is C10H21O3PS. The predicted octanol–water partition coefficient (Wildman–Crippen LogP) is 4.34. The lowest BCUT2D eigenvalue weighted by atomic mass is 10.1. The monoisotopic (exact) mass is 252 g/mol. The van der Waals surface area contributed by atoms with Gasteiger partial charge >= 0.3 is 6.80 Å². The Morgan fingerprint density at radius 2 is 2.13 bits per heavy atom. The van der Waals surface area contributed by atoms with E-state index in [1.54, 1.807) is 0 Å². The van der Waals surface area contributed by atoms with Crippen LogP contribution in [0.15, 0.2) is 12.0 Å². The minimum Gasteiger partial charge on any atom is -0.316 e. The van der Waals surface area contributed by atoms with Crippen LogP contribution in [0.1, 0.15) is 46.0 Å². The summed E-state index contributed by atoms with van der Waals surface area (Å²) in [4.78, 5) is 9.44. The van der Waals surface area contributed by atoms with E-state index >= 15 is 0 Å².